The number of amides is 1. The Labute approximate surface area is 116 Å². The number of likely N-dealkylation sites (tertiary alicyclic amines) is 1. The zero-order chi connectivity index (χ0) is 13.9. The Balaban J connectivity index is 1.68. The first-order valence-electron chi connectivity index (χ1n) is 6.76. The summed E-state index contributed by atoms with van der Waals surface area (Å²) in [7, 11) is 0. The van der Waals surface area contributed by atoms with Crippen LogP contribution in [0.4, 0.5) is 0 Å². The molecule has 0 aliphatic carbocycles. The third kappa shape index (κ3) is 2.75. The molecule has 1 fully saturated rings. The molecule has 6 heteroatoms. The Morgan fingerprint density at radius 3 is 3.15 bits per heavy atom. The summed E-state index contributed by atoms with van der Waals surface area (Å²) in [5, 5.41) is 13.7. The summed E-state index contributed by atoms with van der Waals surface area (Å²) < 4.78 is 7.31. The fourth-order valence-electron chi connectivity index (χ4n) is 2.43. The minimum absolute atomic E-state index is 0.157. The largest absolute Gasteiger partial charge is 0.454 e. The maximum atomic E-state index is 12.3. The molecule has 6 nitrogen and oxygen atoms in total. The number of carbonyl (C=O) groups is 1. The van der Waals surface area contributed by atoms with Crippen LogP contribution in [0, 0.1) is 0 Å². The predicted octanol–water partition coefficient (Wildman–Crippen LogP) is 1.12. The summed E-state index contributed by atoms with van der Waals surface area (Å²) in [4.78, 5) is 13.9. The topological polar surface area (TPSA) is 71.5 Å². The summed E-state index contributed by atoms with van der Waals surface area (Å²) in [6, 6.07) is 5.31. The summed E-state index contributed by atoms with van der Waals surface area (Å²) in [6.07, 6.45) is 4.70. The van der Waals surface area contributed by atoms with Crippen molar-refractivity contribution in [1.82, 2.24) is 14.7 Å². The molecule has 0 spiro atoms. The van der Waals surface area contributed by atoms with Crippen molar-refractivity contribution in [3.05, 3.63) is 42.1 Å². The fourth-order valence-corrected chi connectivity index (χ4v) is 2.43. The van der Waals surface area contributed by atoms with E-state index in [1.54, 1.807) is 27.9 Å². The molecule has 0 radical (unpaired) electrons. The molecule has 2 aromatic heterocycles. The minimum atomic E-state index is -0.425. The number of hydrogen-bond acceptors (Lipinski definition) is 4. The van der Waals surface area contributed by atoms with Crippen LogP contribution in [0.3, 0.4) is 0 Å². The van der Waals surface area contributed by atoms with Gasteiger partial charge < -0.3 is 14.4 Å². The molecule has 3 heterocycles. The van der Waals surface area contributed by atoms with Crippen molar-refractivity contribution < 1.29 is 14.3 Å². The van der Waals surface area contributed by atoms with E-state index in [0.29, 0.717) is 31.2 Å². The lowest BCUT2D eigenvalue weighted by atomic mass is 10.1. The third-order valence-electron chi connectivity index (χ3n) is 3.43. The lowest BCUT2D eigenvalue weighted by Gasteiger charge is -2.29. The number of piperidine rings is 1. The molecule has 106 valence electrons. The fraction of sp³-hybridized carbons (Fsp3) is 0.429. The van der Waals surface area contributed by atoms with Gasteiger partial charge in [0.1, 0.15) is 5.76 Å². The van der Waals surface area contributed by atoms with Gasteiger partial charge in [0, 0.05) is 25.5 Å². The number of rotatable bonds is 3. The standard InChI is InChI=1S/C14H17N3O3/c18-11-3-1-7-16(9-11)14(19)13-5-4-12(20-13)10-17-8-2-6-15-17/h2,4-6,8,11,18H,1,3,7,9-10H2. The predicted molar refractivity (Wildman–Crippen MR) is 71.2 cm³/mol. The Morgan fingerprint density at radius 2 is 2.40 bits per heavy atom. The third-order valence-corrected chi connectivity index (χ3v) is 3.43. The molecule has 20 heavy (non-hydrogen) atoms. The number of aliphatic hydroxyl groups excluding tert-OH is 1. The van der Waals surface area contributed by atoms with Gasteiger partial charge in [0.15, 0.2) is 5.76 Å². The van der Waals surface area contributed by atoms with Crippen molar-refractivity contribution in [2.45, 2.75) is 25.5 Å². The van der Waals surface area contributed by atoms with Gasteiger partial charge in [-0.1, -0.05) is 0 Å². The van der Waals surface area contributed by atoms with Crippen LogP contribution in [0.15, 0.2) is 35.0 Å². The summed E-state index contributed by atoms with van der Waals surface area (Å²) in [6.45, 7) is 1.56. The molecule has 1 saturated heterocycles. The van der Waals surface area contributed by atoms with E-state index in [-0.39, 0.29) is 5.91 Å². The van der Waals surface area contributed by atoms with Crippen LogP contribution in [-0.4, -0.2) is 44.9 Å². The summed E-state index contributed by atoms with van der Waals surface area (Å²) >= 11 is 0. The maximum Gasteiger partial charge on any atom is 0.289 e. The second kappa shape index (κ2) is 5.50. The van der Waals surface area contributed by atoms with Crippen molar-refractivity contribution in [2.75, 3.05) is 13.1 Å². The number of furan rings is 1. The van der Waals surface area contributed by atoms with E-state index >= 15 is 0 Å². The Hall–Kier alpha value is -2.08. The van der Waals surface area contributed by atoms with Crippen LogP contribution in [0.25, 0.3) is 0 Å². The SMILES string of the molecule is O=C(c1ccc(Cn2cccn2)o1)N1CCCC(O)C1. The van der Waals surface area contributed by atoms with Crippen LogP contribution in [0.1, 0.15) is 29.2 Å². The van der Waals surface area contributed by atoms with Gasteiger partial charge in [0.05, 0.1) is 12.6 Å². The van der Waals surface area contributed by atoms with Crippen molar-refractivity contribution in [3.63, 3.8) is 0 Å². The second-order valence-electron chi connectivity index (χ2n) is 5.02. The van der Waals surface area contributed by atoms with Crippen LogP contribution >= 0.6 is 0 Å². The summed E-state index contributed by atoms with van der Waals surface area (Å²) in [5.74, 6) is 0.853. The van der Waals surface area contributed by atoms with E-state index in [9.17, 15) is 9.90 Å². The van der Waals surface area contributed by atoms with E-state index in [1.165, 1.54) is 0 Å². The molecular weight excluding hydrogens is 258 g/mol. The minimum Gasteiger partial charge on any atom is -0.454 e. The summed E-state index contributed by atoms with van der Waals surface area (Å²) in [5.41, 5.74) is 0. The van der Waals surface area contributed by atoms with Gasteiger partial charge in [-0.3, -0.25) is 9.48 Å². The highest BCUT2D eigenvalue weighted by Gasteiger charge is 2.25. The van der Waals surface area contributed by atoms with E-state index in [0.717, 1.165) is 12.8 Å². The quantitative estimate of drug-likeness (QED) is 0.911. The van der Waals surface area contributed by atoms with E-state index in [1.807, 2.05) is 12.3 Å². The number of aliphatic hydroxyl groups is 1. The average Bonchev–Trinajstić information content (AvgIpc) is 3.10. The smallest absolute Gasteiger partial charge is 0.289 e. The first kappa shape index (κ1) is 12.9. The highest BCUT2D eigenvalue weighted by Crippen LogP contribution is 2.16. The van der Waals surface area contributed by atoms with Gasteiger partial charge >= 0.3 is 0 Å². The van der Waals surface area contributed by atoms with Crippen molar-refractivity contribution in [2.24, 2.45) is 0 Å². The van der Waals surface area contributed by atoms with Gasteiger partial charge in [0.2, 0.25) is 0 Å². The van der Waals surface area contributed by atoms with Crippen molar-refractivity contribution in [1.29, 1.82) is 0 Å². The molecule has 0 aromatic carbocycles. The molecule has 1 unspecified atom stereocenters. The Bertz CT molecular complexity index is 576. The first-order valence-corrected chi connectivity index (χ1v) is 6.76. The van der Waals surface area contributed by atoms with Gasteiger partial charge in [-0.05, 0) is 31.0 Å². The highest BCUT2D eigenvalue weighted by molar-refractivity contribution is 5.91. The van der Waals surface area contributed by atoms with Gasteiger partial charge in [-0.2, -0.15) is 5.10 Å². The molecule has 0 bridgehead atoms. The molecule has 1 atom stereocenters. The highest BCUT2D eigenvalue weighted by atomic mass is 16.4. The van der Waals surface area contributed by atoms with Crippen LogP contribution in [-0.2, 0) is 6.54 Å². The lowest BCUT2D eigenvalue weighted by Crippen LogP contribution is -2.42. The normalized spacial score (nSPS) is 19.2. The van der Waals surface area contributed by atoms with Crippen LogP contribution in [0.2, 0.25) is 0 Å². The lowest BCUT2D eigenvalue weighted by molar-refractivity contribution is 0.0447. The number of nitrogens with zero attached hydrogens (tertiary/aromatic N) is 3. The van der Waals surface area contributed by atoms with Gasteiger partial charge in [-0.25, -0.2) is 0 Å². The molecular formula is C14H17N3O3. The molecule has 2 aromatic rings. The Kier molecular flexibility index (Phi) is 3.56. The Morgan fingerprint density at radius 1 is 1.50 bits per heavy atom. The number of aromatic nitrogens is 2. The van der Waals surface area contributed by atoms with E-state index < -0.39 is 6.10 Å². The van der Waals surface area contributed by atoms with Gasteiger partial charge in [-0.15, -0.1) is 0 Å². The average molecular weight is 275 g/mol. The number of hydrogen-bond donors (Lipinski definition) is 1. The number of carbonyl (C=O) groups excluding carboxylic acids is 1. The molecule has 1 amide bonds. The zero-order valence-corrected chi connectivity index (χ0v) is 11.1. The zero-order valence-electron chi connectivity index (χ0n) is 11.1. The van der Waals surface area contributed by atoms with Crippen LogP contribution < -0.4 is 0 Å². The monoisotopic (exact) mass is 275 g/mol. The maximum absolute atomic E-state index is 12.3. The molecule has 0 saturated carbocycles. The molecule has 3 rings (SSSR count). The first-order chi connectivity index (χ1) is 9.72. The van der Waals surface area contributed by atoms with Crippen molar-refractivity contribution in [3.8, 4) is 0 Å². The van der Waals surface area contributed by atoms with E-state index in [2.05, 4.69) is 5.10 Å². The van der Waals surface area contributed by atoms with E-state index in [4.69, 9.17) is 4.42 Å². The van der Waals surface area contributed by atoms with Crippen molar-refractivity contribution >= 4 is 5.91 Å². The molecule has 1 aliphatic rings. The molecule has 1 N–H and O–H groups in total. The number of β-amino-alcohol motifs (C(OH)–C–C–N with tert-alkyl or cyclic N) is 1. The molecule has 1 aliphatic heterocycles. The second-order valence-corrected chi connectivity index (χ2v) is 5.02. The van der Waals surface area contributed by atoms with Gasteiger partial charge in [0.25, 0.3) is 5.91 Å². The van der Waals surface area contributed by atoms with Crippen LogP contribution in [0.5, 0.6) is 0 Å².